The normalized spacial score (nSPS) is 14.8. The fourth-order valence-electron chi connectivity index (χ4n) is 4.93. The molecule has 3 aromatic rings. The van der Waals surface area contributed by atoms with E-state index >= 15 is 0 Å². The van der Waals surface area contributed by atoms with Crippen LogP contribution in [0.3, 0.4) is 0 Å². The van der Waals surface area contributed by atoms with E-state index in [1.165, 1.54) is 44.8 Å². The summed E-state index contributed by atoms with van der Waals surface area (Å²) in [6, 6.07) is 11.2. The highest BCUT2D eigenvalue weighted by molar-refractivity contribution is 7.89. The number of anilines is 1. The summed E-state index contributed by atoms with van der Waals surface area (Å²) in [4.78, 5) is 40.5. The third-order valence-electron chi connectivity index (χ3n) is 7.27. The molecule has 0 spiro atoms. The molecule has 2 amide bonds. The molecule has 2 aliphatic rings. The van der Waals surface area contributed by atoms with Crippen molar-refractivity contribution in [2.75, 3.05) is 51.5 Å². The van der Waals surface area contributed by atoms with E-state index < -0.39 is 28.0 Å². The summed E-state index contributed by atoms with van der Waals surface area (Å²) >= 11 is 1.28. The second-order valence-electron chi connectivity index (χ2n) is 10.0. The van der Waals surface area contributed by atoms with Crippen LogP contribution in [0.15, 0.2) is 47.4 Å². The minimum atomic E-state index is -3.84. The maximum atomic E-state index is 13.3. The third-order valence-corrected chi connectivity index (χ3v) is 10.4. The van der Waals surface area contributed by atoms with Crippen molar-refractivity contribution in [2.45, 2.75) is 32.1 Å². The molecule has 0 bridgehead atoms. The number of carbonyl (C=O) groups excluding carboxylic acids is 3. The number of hydrogen-bond donors (Lipinski definition) is 1. The summed E-state index contributed by atoms with van der Waals surface area (Å²) in [5.41, 5.74) is 2.15. The lowest BCUT2D eigenvalue weighted by atomic mass is 10.1. The molecule has 12 nitrogen and oxygen atoms in total. The van der Waals surface area contributed by atoms with Crippen LogP contribution < -0.4 is 14.8 Å². The number of carbonyl (C=O) groups is 3. The van der Waals surface area contributed by atoms with E-state index in [1.54, 1.807) is 13.8 Å². The number of sulfonamides is 1. The molecule has 2 aromatic carbocycles. The van der Waals surface area contributed by atoms with Gasteiger partial charge in [0.15, 0.2) is 11.5 Å². The largest absolute Gasteiger partial charge is 0.462 e. The Morgan fingerprint density at radius 1 is 0.932 bits per heavy atom. The zero-order chi connectivity index (χ0) is 31.4. The number of benzene rings is 2. The molecular weight excluding hydrogens is 610 g/mol. The highest BCUT2D eigenvalue weighted by Crippen LogP contribution is 2.38. The first-order valence-electron chi connectivity index (χ1n) is 14.1. The molecule has 0 aliphatic carbocycles. The first-order valence-corrected chi connectivity index (χ1v) is 16.4. The first kappa shape index (κ1) is 31.3. The van der Waals surface area contributed by atoms with Gasteiger partial charge in [-0.05, 0) is 68.3 Å². The van der Waals surface area contributed by atoms with Crippen molar-refractivity contribution >= 4 is 44.3 Å². The lowest BCUT2D eigenvalue weighted by molar-refractivity contribution is 0.0527. The maximum Gasteiger partial charge on any atom is 0.409 e. The van der Waals surface area contributed by atoms with Gasteiger partial charge in [-0.15, -0.1) is 11.3 Å². The van der Waals surface area contributed by atoms with Crippen LogP contribution in [0, 0.1) is 6.92 Å². The molecule has 1 fully saturated rings. The molecule has 14 heteroatoms. The van der Waals surface area contributed by atoms with Crippen LogP contribution in [-0.2, 0) is 25.9 Å². The van der Waals surface area contributed by atoms with Crippen LogP contribution in [0.4, 0.5) is 9.80 Å². The summed E-state index contributed by atoms with van der Waals surface area (Å²) in [5, 5.41) is 3.17. The first-order chi connectivity index (χ1) is 21.1. The maximum absolute atomic E-state index is 13.3. The monoisotopic (exact) mass is 643 g/mol. The van der Waals surface area contributed by atoms with Crippen molar-refractivity contribution in [2.24, 2.45) is 0 Å². The van der Waals surface area contributed by atoms with Gasteiger partial charge in [0, 0.05) is 43.0 Å². The fraction of sp³-hybridized carbons (Fsp3) is 0.367. The van der Waals surface area contributed by atoms with Crippen LogP contribution in [0.2, 0.25) is 0 Å². The summed E-state index contributed by atoms with van der Waals surface area (Å²) in [7, 11) is -3.84. The molecule has 0 saturated carbocycles. The Morgan fingerprint density at radius 2 is 1.61 bits per heavy atom. The number of piperazine rings is 1. The molecule has 1 saturated heterocycles. The Bertz CT molecular complexity index is 1660. The number of rotatable bonds is 9. The molecule has 5 rings (SSSR count). The smallest absolute Gasteiger partial charge is 0.409 e. The Morgan fingerprint density at radius 3 is 2.30 bits per heavy atom. The highest BCUT2D eigenvalue weighted by atomic mass is 32.2. The number of fused-ring (bicyclic) bond motifs is 1. The van der Waals surface area contributed by atoms with E-state index in [9.17, 15) is 22.8 Å². The second kappa shape index (κ2) is 13.2. The molecular formula is C30H33N3O9S2. The van der Waals surface area contributed by atoms with Crippen molar-refractivity contribution in [3.8, 4) is 11.5 Å². The molecule has 2 aliphatic heterocycles. The molecule has 1 aromatic heterocycles. The predicted molar refractivity (Wildman–Crippen MR) is 162 cm³/mol. The summed E-state index contributed by atoms with van der Waals surface area (Å²) in [6.07, 6.45) is 0.0303. The van der Waals surface area contributed by atoms with Gasteiger partial charge in [0.2, 0.25) is 16.8 Å². The molecule has 3 heterocycles. The quantitative estimate of drug-likeness (QED) is 0.339. The SMILES string of the molecule is CCOC(=O)c1c(NC(=O)c2ccc(S(=O)(=O)N3CCN(C(=O)OCC)CC3)cc2)sc(Cc2ccc3c(c2)OCO3)c1C. The van der Waals surface area contributed by atoms with Gasteiger partial charge < -0.3 is 29.2 Å². The standard InChI is InChI=1S/C30H33N3O9S2/c1-4-39-29(35)26-19(3)25(17-20-6-11-23-24(16-20)42-18-41-23)43-28(26)31-27(34)21-7-9-22(10-8-21)44(37,38)33-14-12-32(13-15-33)30(36)40-5-2/h6-11,16H,4-5,12-15,17-18H2,1-3H3,(H,31,34). The second-order valence-corrected chi connectivity index (χ2v) is 13.1. The number of amides is 2. The molecule has 234 valence electrons. The lowest BCUT2D eigenvalue weighted by Crippen LogP contribution is -2.50. The van der Waals surface area contributed by atoms with Gasteiger partial charge in [0.05, 0.1) is 23.7 Å². The number of hydrogen-bond acceptors (Lipinski definition) is 10. The van der Waals surface area contributed by atoms with Crippen molar-refractivity contribution < 1.29 is 41.7 Å². The molecule has 0 radical (unpaired) electrons. The van der Waals surface area contributed by atoms with Crippen molar-refractivity contribution in [3.63, 3.8) is 0 Å². The van der Waals surface area contributed by atoms with E-state index in [2.05, 4.69) is 5.32 Å². The van der Waals surface area contributed by atoms with E-state index in [1.807, 2.05) is 25.1 Å². The Balaban J connectivity index is 1.31. The number of thiophene rings is 1. The van der Waals surface area contributed by atoms with Gasteiger partial charge in [-0.1, -0.05) is 6.07 Å². The fourth-order valence-corrected chi connectivity index (χ4v) is 7.58. The van der Waals surface area contributed by atoms with Crippen LogP contribution in [0.25, 0.3) is 0 Å². The van der Waals surface area contributed by atoms with Crippen LogP contribution in [0.1, 0.15) is 50.6 Å². The zero-order valence-corrected chi connectivity index (χ0v) is 26.2. The van der Waals surface area contributed by atoms with Gasteiger partial charge in [-0.3, -0.25) is 4.79 Å². The molecule has 0 atom stereocenters. The minimum Gasteiger partial charge on any atom is -0.462 e. The Hall–Kier alpha value is -4.14. The predicted octanol–water partition coefficient (Wildman–Crippen LogP) is 4.27. The molecule has 0 unspecified atom stereocenters. The minimum absolute atomic E-state index is 0.0313. The van der Waals surface area contributed by atoms with E-state index in [0.29, 0.717) is 28.5 Å². The summed E-state index contributed by atoms with van der Waals surface area (Å²) in [6.45, 7) is 6.52. The van der Waals surface area contributed by atoms with Crippen LogP contribution in [0.5, 0.6) is 11.5 Å². The summed E-state index contributed by atoms with van der Waals surface area (Å²) in [5.74, 6) is 0.281. The number of nitrogens with one attached hydrogen (secondary N) is 1. The highest BCUT2D eigenvalue weighted by Gasteiger charge is 2.31. The number of nitrogens with zero attached hydrogens (tertiary/aromatic N) is 2. The average Bonchev–Trinajstić information content (AvgIpc) is 3.61. The van der Waals surface area contributed by atoms with Crippen molar-refractivity contribution in [3.05, 3.63) is 69.6 Å². The Kier molecular flexibility index (Phi) is 9.42. The van der Waals surface area contributed by atoms with Crippen molar-refractivity contribution in [1.82, 2.24) is 9.21 Å². The van der Waals surface area contributed by atoms with Gasteiger partial charge in [-0.25, -0.2) is 18.0 Å². The average molecular weight is 644 g/mol. The number of esters is 1. The lowest BCUT2D eigenvalue weighted by Gasteiger charge is -2.33. The van der Waals surface area contributed by atoms with Crippen LogP contribution >= 0.6 is 11.3 Å². The van der Waals surface area contributed by atoms with Gasteiger partial charge in [0.1, 0.15) is 5.00 Å². The van der Waals surface area contributed by atoms with Gasteiger partial charge in [0.25, 0.3) is 5.91 Å². The Labute approximate surface area is 259 Å². The van der Waals surface area contributed by atoms with Crippen LogP contribution in [-0.4, -0.2) is 81.8 Å². The van der Waals surface area contributed by atoms with Gasteiger partial charge >= 0.3 is 12.1 Å². The van der Waals surface area contributed by atoms with Gasteiger partial charge in [-0.2, -0.15) is 4.31 Å². The van der Waals surface area contributed by atoms with E-state index in [4.69, 9.17) is 18.9 Å². The molecule has 44 heavy (non-hydrogen) atoms. The summed E-state index contributed by atoms with van der Waals surface area (Å²) < 4.78 is 48.9. The molecule has 1 N–H and O–H groups in total. The van der Waals surface area contributed by atoms with Crippen molar-refractivity contribution in [1.29, 1.82) is 0 Å². The van der Waals surface area contributed by atoms with E-state index in [0.717, 1.165) is 10.4 Å². The van der Waals surface area contributed by atoms with E-state index in [-0.39, 0.29) is 62.2 Å². The number of ether oxygens (including phenoxy) is 4. The third kappa shape index (κ3) is 6.51. The topological polar surface area (TPSA) is 141 Å². The zero-order valence-electron chi connectivity index (χ0n) is 24.6.